The molecule has 3 aromatic rings. The molecule has 1 N–H and O–H groups in total. The van der Waals surface area contributed by atoms with Crippen molar-refractivity contribution in [1.82, 2.24) is 14.8 Å². The quantitative estimate of drug-likeness (QED) is 0.749. The van der Waals surface area contributed by atoms with Gasteiger partial charge in [0.1, 0.15) is 5.75 Å². The maximum absolute atomic E-state index is 12.3. The molecule has 134 valence electrons. The first-order valence-electron chi connectivity index (χ1n) is 8.10. The number of ether oxygens (including phenoxy) is 1. The highest BCUT2D eigenvalue weighted by molar-refractivity contribution is 6.04. The SMILES string of the molecule is Cn1nc(C2CC2)c2c(C(=O)O)cc(-c3ccc(OC(F)F)cc3)nc21. The third-order valence-electron chi connectivity index (χ3n) is 4.39. The van der Waals surface area contributed by atoms with Crippen molar-refractivity contribution in [3.05, 3.63) is 41.6 Å². The molecule has 1 fully saturated rings. The maximum atomic E-state index is 12.3. The molecule has 0 aliphatic heterocycles. The lowest BCUT2D eigenvalue weighted by molar-refractivity contribution is -0.0498. The summed E-state index contributed by atoms with van der Waals surface area (Å²) in [5, 5.41) is 14.7. The number of alkyl halides is 2. The van der Waals surface area contributed by atoms with Crippen LogP contribution in [0.2, 0.25) is 0 Å². The Morgan fingerprint density at radius 2 is 2.00 bits per heavy atom. The number of hydrogen-bond donors (Lipinski definition) is 1. The van der Waals surface area contributed by atoms with Crippen LogP contribution in [-0.4, -0.2) is 32.5 Å². The van der Waals surface area contributed by atoms with E-state index in [1.165, 1.54) is 18.2 Å². The zero-order valence-electron chi connectivity index (χ0n) is 13.8. The van der Waals surface area contributed by atoms with Crippen molar-refractivity contribution in [2.45, 2.75) is 25.4 Å². The predicted octanol–water partition coefficient (Wildman–Crippen LogP) is 3.81. The number of pyridine rings is 1. The summed E-state index contributed by atoms with van der Waals surface area (Å²) in [5.41, 5.74) is 2.45. The fourth-order valence-corrected chi connectivity index (χ4v) is 3.04. The lowest BCUT2D eigenvalue weighted by Gasteiger charge is -2.08. The molecule has 0 saturated heterocycles. The first kappa shape index (κ1) is 16.4. The maximum Gasteiger partial charge on any atom is 0.387 e. The fourth-order valence-electron chi connectivity index (χ4n) is 3.04. The molecule has 1 aliphatic rings. The van der Waals surface area contributed by atoms with Crippen molar-refractivity contribution in [3.63, 3.8) is 0 Å². The van der Waals surface area contributed by atoms with Gasteiger partial charge in [-0.1, -0.05) is 0 Å². The average Bonchev–Trinajstić information content (AvgIpc) is 3.39. The van der Waals surface area contributed by atoms with Crippen LogP contribution in [0.15, 0.2) is 30.3 Å². The van der Waals surface area contributed by atoms with Crippen molar-refractivity contribution in [2.24, 2.45) is 7.05 Å². The van der Waals surface area contributed by atoms with Crippen LogP contribution in [0.4, 0.5) is 8.78 Å². The molecule has 1 aromatic carbocycles. The number of nitrogens with zero attached hydrogens (tertiary/aromatic N) is 3. The Labute approximate surface area is 147 Å². The number of aromatic nitrogens is 3. The summed E-state index contributed by atoms with van der Waals surface area (Å²) in [6, 6.07) is 7.42. The Morgan fingerprint density at radius 3 is 2.58 bits per heavy atom. The van der Waals surface area contributed by atoms with Crippen LogP contribution in [0.1, 0.15) is 34.8 Å². The lowest BCUT2D eigenvalue weighted by atomic mass is 10.0. The van der Waals surface area contributed by atoms with Crippen molar-refractivity contribution in [2.75, 3.05) is 0 Å². The van der Waals surface area contributed by atoms with Gasteiger partial charge in [0.2, 0.25) is 0 Å². The molecule has 1 aliphatic carbocycles. The first-order valence-corrected chi connectivity index (χ1v) is 8.10. The van der Waals surface area contributed by atoms with Crippen LogP contribution < -0.4 is 4.74 Å². The normalized spacial score (nSPS) is 14.2. The average molecular weight is 359 g/mol. The Morgan fingerprint density at radius 1 is 1.31 bits per heavy atom. The smallest absolute Gasteiger partial charge is 0.387 e. The minimum absolute atomic E-state index is 0.0276. The number of carboxylic acid groups (broad SMARTS) is 1. The molecule has 4 rings (SSSR count). The highest BCUT2D eigenvalue weighted by atomic mass is 19.3. The van der Waals surface area contributed by atoms with E-state index < -0.39 is 12.6 Å². The summed E-state index contributed by atoms with van der Waals surface area (Å²) < 4.78 is 30.5. The van der Waals surface area contributed by atoms with Gasteiger partial charge in [-0.2, -0.15) is 13.9 Å². The van der Waals surface area contributed by atoms with Gasteiger partial charge < -0.3 is 9.84 Å². The molecule has 6 nitrogen and oxygen atoms in total. The highest BCUT2D eigenvalue weighted by Crippen LogP contribution is 2.43. The van der Waals surface area contributed by atoms with Crippen molar-refractivity contribution < 1.29 is 23.4 Å². The second-order valence-electron chi connectivity index (χ2n) is 6.24. The number of fused-ring (bicyclic) bond motifs is 1. The van der Waals surface area contributed by atoms with Crippen LogP contribution in [-0.2, 0) is 7.05 Å². The largest absolute Gasteiger partial charge is 0.478 e. The number of aryl methyl sites for hydroxylation is 1. The van der Waals surface area contributed by atoms with Crippen LogP contribution in [0.5, 0.6) is 5.75 Å². The van der Waals surface area contributed by atoms with Gasteiger partial charge in [-0.3, -0.25) is 4.68 Å². The zero-order chi connectivity index (χ0) is 18.4. The number of aromatic carboxylic acids is 1. The highest BCUT2D eigenvalue weighted by Gasteiger charge is 2.31. The van der Waals surface area contributed by atoms with Gasteiger partial charge in [0.05, 0.1) is 22.3 Å². The van der Waals surface area contributed by atoms with E-state index in [1.54, 1.807) is 23.9 Å². The topological polar surface area (TPSA) is 77.2 Å². The lowest BCUT2D eigenvalue weighted by Crippen LogP contribution is -2.02. The zero-order valence-corrected chi connectivity index (χ0v) is 13.8. The van der Waals surface area contributed by atoms with Crippen LogP contribution >= 0.6 is 0 Å². The number of carbonyl (C=O) groups is 1. The summed E-state index contributed by atoms with van der Waals surface area (Å²) in [4.78, 5) is 16.4. The number of rotatable bonds is 5. The van der Waals surface area contributed by atoms with E-state index >= 15 is 0 Å². The second-order valence-corrected chi connectivity index (χ2v) is 6.24. The van der Waals surface area contributed by atoms with Crippen molar-refractivity contribution in [3.8, 4) is 17.0 Å². The molecule has 2 aromatic heterocycles. The number of halogens is 2. The Kier molecular flexibility index (Phi) is 3.82. The minimum Gasteiger partial charge on any atom is -0.478 e. The van der Waals surface area contributed by atoms with Crippen LogP contribution in [0.25, 0.3) is 22.3 Å². The Bertz CT molecular complexity index is 995. The predicted molar refractivity (Wildman–Crippen MR) is 89.5 cm³/mol. The number of benzene rings is 1. The first-order chi connectivity index (χ1) is 12.4. The Hall–Kier alpha value is -3.03. The molecule has 0 atom stereocenters. The summed E-state index contributed by atoms with van der Waals surface area (Å²) in [6.45, 7) is -2.90. The molecule has 1 saturated carbocycles. The molecule has 0 bridgehead atoms. The Balaban J connectivity index is 1.83. The number of hydrogen-bond acceptors (Lipinski definition) is 4. The van der Waals surface area contributed by atoms with Crippen molar-refractivity contribution in [1.29, 1.82) is 0 Å². The monoisotopic (exact) mass is 359 g/mol. The summed E-state index contributed by atoms with van der Waals surface area (Å²) in [6.07, 6.45) is 2.00. The molecule has 0 unspecified atom stereocenters. The molecule has 0 radical (unpaired) electrons. The van der Waals surface area contributed by atoms with Gasteiger partial charge in [0.15, 0.2) is 5.65 Å². The van der Waals surface area contributed by atoms with E-state index in [9.17, 15) is 18.7 Å². The van der Waals surface area contributed by atoms with Crippen molar-refractivity contribution >= 4 is 17.0 Å². The van der Waals surface area contributed by atoms with E-state index in [-0.39, 0.29) is 17.2 Å². The van der Waals surface area contributed by atoms with Crippen LogP contribution in [0, 0.1) is 0 Å². The standard InChI is InChI=1S/C18H15F2N3O3/c1-23-16-14(15(22-23)10-2-3-10)12(17(24)25)8-13(21-16)9-4-6-11(7-5-9)26-18(19)20/h4-8,10,18H,2-3H2,1H3,(H,24,25). The van der Waals surface area contributed by atoms with Gasteiger partial charge in [-0.05, 0) is 43.2 Å². The molecule has 0 spiro atoms. The molecule has 8 heteroatoms. The summed E-state index contributed by atoms with van der Waals surface area (Å²) >= 11 is 0. The van der Waals surface area contributed by atoms with E-state index in [0.29, 0.717) is 22.3 Å². The van der Waals surface area contributed by atoms with E-state index in [0.717, 1.165) is 18.5 Å². The molecule has 26 heavy (non-hydrogen) atoms. The molecular formula is C18H15F2N3O3. The molecule has 0 amide bonds. The molecule has 2 heterocycles. The third-order valence-corrected chi connectivity index (χ3v) is 4.39. The van der Waals surface area contributed by atoms with E-state index in [2.05, 4.69) is 14.8 Å². The van der Waals surface area contributed by atoms with Gasteiger partial charge in [-0.15, -0.1) is 0 Å². The second kappa shape index (κ2) is 6.05. The third kappa shape index (κ3) is 2.87. The molecular weight excluding hydrogens is 344 g/mol. The van der Waals surface area contributed by atoms with E-state index in [1.807, 2.05) is 0 Å². The van der Waals surface area contributed by atoms with Gasteiger partial charge in [-0.25, -0.2) is 9.78 Å². The van der Waals surface area contributed by atoms with Crippen LogP contribution in [0.3, 0.4) is 0 Å². The fraction of sp³-hybridized carbons (Fsp3) is 0.278. The van der Waals surface area contributed by atoms with Gasteiger partial charge in [0, 0.05) is 18.5 Å². The minimum atomic E-state index is -2.90. The number of carboxylic acids is 1. The summed E-state index contributed by atoms with van der Waals surface area (Å²) in [7, 11) is 1.73. The van der Waals surface area contributed by atoms with E-state index in [4.69, 9.17) is 0 Å². The van der Waals surface area contributed by atoms with Gasteiger partial charge >= 0.3 is 12.6 Å². The van der Waals surface area contributed by atoms with Gasteiger partial charge in [0.25, 0.3) is 0 Å². The summed E-state index contributed by atoms with van der Waals surface area (Å²) in [5.74, 6) is -0.735.